The van der Waals surface area contributed by atoms with Crippen LogP contribution in [-0.4, -0.2) is 125 Å². The number of carbonyl (C=O) groups is 5. The van der Waals surface area contributed by atoms with Gasteiger partial charge in [0.1, 0.15) is 41.5 Å². The number of nitrogens with zero attached hydrogens (tertiary/aromatic N) is 2. The van der Waals surface area contributed by atoms with Crippen molar-refractivity contribution in [3.05, 3.63) is 113 Å². The quantitative estimate of drug-likeness (QED) is 0.129. The second-order valence-electron chi connectivity index (χ2n) is 17.7. The number of esters is 2. The van der Waals surface area contributed by atoms with Gasteiger partial charge in [-0.25, -0.2) is 0 Å². The van der Waals surface area contributed by atoms with Gasteiger partial charge in [-0.3, -0.25) is 28.8 Å². The summed E-state index contributed by atoms with van der Waals surface area (Å²) in [7, 11) is 3.32. The van der Waals surface area contributed by atoms with E-state index in [1.165, 1.54) is 23.0 Å². The largest absolute Gasteiger partial charge is 0.460 e. The molecule has 3 heterocycles. The maximum absolute atomic E-state index is 15.2. The highest BCUT2D eigenvalue weighted by atomic mass is 16.8. The summed E-state index contributed by atoms with van der Waals surface area (Å²) >= 11 is 0. The molecule has 3 aromatic carbocycles. The van der Waals surface area contributed by atoms with Crippen LogP contribution in [0.25, 0.3) is 6.08 Å². The first-order chi connectivity index (χ1) is 30.0. The molecule has 2 bridgehead atoms. The lowest BCUT2D eigenvalue weighted by molar-refractivity contribution is -0.213. The molecule has 3 saturated heterocycles. The van der Waals surface area contributed by atoms with E-state index in [0.29, 0.717) is 16.7 Å². The summed E-state index contributed by atoms with van der Waals surface area (Å²) in [5.41, 5.74) is 0.330. The van der Waals surface area contributed by atoms with Gasteiger partial charge in [-0.05, 0) is 51.3 Å². The number of fused-ring (bicyclic) bond motifs is 4. The van der Waals surface area contributed by atoms with Gasteiger partial charge < -0.3 is 44.7 Å². The molecule has 0 aromatic heterocycles. The highest BCUT2D eigenvalue weighted by molar-refractivity contribution is 5.96. The van der Waals surface area contributed by atoms with Crippen LogP contribution < -0.4 is 10.6 Å². The summed E-state index contributed by atoms with van der Waals surface area (Å²) < 4.78 is 25.5. The lowest BCUT2D eigenvalue weighted by atomic mass is 9.62. The Kier molecular flexibility index (Phi) is 13.2. The third kappa shape index (κ3) is 9.28. The SMILES string of the molecule is CC(O)C(NC(=O)C12CC3OC(=O)C1N(Cc1ccc(C=CC(=O)N(C)C)cc1)OC2C1OC(c2ccccc2)(c2ccccc2)OC31)C(=O)NC(CO)CCC(=O)OC(C)(C)C. The number of ether oxygens (including phenoxy) is 4. The highest BCUT2D eigenvalue weighted by Gasteiger charge is 2.76. The molecule has 7 rings (SSSR count). The van der Waals surface area contributed by atoms with Gasteiger partial charge in [-0.1, -0.05) is 84.9 Å². The zero-order chi connectivity index (χ0) is 45.3. The molecule has 1 saturated carbocycles. The molecule has 3 amide bonds. The number of hydrogen-bond acceptors (Lipinski definition) is 13. The lowest BCUT2D eigenvalue weighted by Gasteiger charge is -2.49. The van der Waals surface area contributed by atoms with Crippen LogP contribution in [0.4, 0.5) is 0 Å². The summed E-state index contributed by atoms with van der Waals surface area (Å²) in [5, 5.41) is 28.0. The first-order valence-corrected chi connectivity index (χ1v) is 21.2. The van der Waals surface area contributed by atoms with E-state index in [2.05, 4.69) is 10.6 Å². The number of hydrogen-bond donors (Lipinski definition) is 4. The first kappa shape index (κ1) is 45.5. The third-order valence-electron chi connectivity index (χ3n) is 11.8. The normalized spacial score (nSPS) is 26.2. The Hall–Kier alpha value is -5.49. The van der Waals surface area contributed by atoms with Crippen LogP contribution in [-0.2, 0) is 60.1 Å². The molecule has 63 heavy (non-hydrogen) atoms. The van der Waals surface area contributed by atoms with Crippen LogP contribution in [0.5, 0.6) is 0 Å². The monoisotopic (exact) mass is 868 g/mol. The van der Waals surface area contributed by atoms with Crippen LogP contribution in [0.1, 0.15) is 69.2 Å². The predicted molar refractivity (Wildman–Crippen MR) is 226 cm³/mol. The van der Waals surface area contributed by atoms with Crippen LogP contribution >= 0.6 is 0 Å². The van der Waals surface area contributed by atoms with Gasteiger partial charge in [0.15, 0.2) is 6.04 Å². The van der Waals surface area contributed by atoms with E-state index in [9.17, 15) is 29.4 Å². The summed E-state index contributed by atoms with van der Waals surface area (Å²) in [4.78, 5) is 76.3. The molecule has 16 heteroatoms. The first-order valence-electron chi connectivity index (χ1n) is 21.2. The Labute approximate surface area is 366 Å². The second-order valence-corrected chi connectivity index (χ2v) is 17.7. The average Bonchev–Trinajstić information content (AvgIpc) is 3.83. The van der Waals surface area contributed by atoms with Crippen molar-refractivity contribution in [3.8, 4) is 0 Å². The fourth-order valence-electron chi connectivity index (χ4n) is 8.78. The topological polar surface area (TPSA) is 202 Å². The van der Waals surface area contributed by atoms with Crippen molar-refractivity contribution in [2.75, 3.05) is 20.7 Å². The molecule has 3 aliphatic heterocycles. The van der Waals surface area contributed by atoms with Gasteiger partial charge in [-0.2, -0.15) is 5.06 Å². The molecular formula is C47H56N4O12. The number of rotatable bonds is 15. The molecule has 16 nitrogen and oxygen atoms in total. The standard InChI is InChI=1S/C47H56N4O12/c1-28(53)37(42(56)48-33(27-52)22-24-36(55)60-45(2,3)4)49-44(58)46-25-34-38-39(62-47(61-38,31-13-9-7-10-14-31)32-15-11-8-12-16-32)41(46)63-51(40(46)43(57)59-34)26-30-19-17-29(18-20-30)21-23-35(54)50(5)6/h7-21,23,28,33-34,37-41,52-53H,22,24-27H2,1-6H3,(H,48,56)(H,49,58). The lowest BCUT2D eigenvalue weighted by Crippen LogP contribution is -2.71. The molecule has 4 aliphatic rings. The van der Waals surface area contributed by atoms with Crippen molar-refractivity contribution in [2.24, 2.45) is 5.41 Å². The maximum Gasteiger partial charge on any atom is 0.327 e. The Morgan fingerprint density at radius 1 is 0.937 bits per heavy atom. The number of amides is 3. The smallest absolute Gasteiger partial charge is 0.327 e. The van der Waals surface area contributed by atoms with E-state index in [4.69, 9.17) is 23.8 Å². The van der Waals surface area contributed by atoms with Crippen molar-refractivity contribution in [1.29, 1.82) is 0 Å². The summed E-state index contributed by atoms with van der Waals surface area (Å²) in [6.45, 7) is 6.01. The molecule has 336 valence electrons. The Balaban J connectivity index is 1.22. The van der Waals surface area contributed by atoms with E-state index < -0.39 is 95.8 Å². The number of aliphatic hydroxyl groups is 2. The number of likely N-dealkylation sites (N-methyl/N-ethyl adjacent to an activating group) is 1. The van der Waals surface area contributed by atoms with Crippen molar-refractivity contribution >= 4 is 35.7 Å². The minimum Gasteiger partial charge on any atom is -0.460 e. The minimum atomic E-state index is -1.73. The van der Waals surface area contributed by atoms with Gasteiger partial charge >= 0.3 is 11.9 Å². The van der Waals surface area contributed by atoms with Crippen LogP contribution in [0.15, 0.2) is 91.0 Å². The maximum atomic E-state index is 15.2. The molecule has 1 aliphatic carbocycles. The minimum absolute atomic E-state index is 0.0213. The Morgan fingerprint density at radius 2 is 1.56 bits per heavy atom. The second kappa shape index (κ2) is 18.3. The Morgan fingerprint density at radius 3 is 2.13 bits per heavy atom. The van der Waals surface area contributed by atoms with E-state index in [1.54, 1.807) is 40.9 Å². The number of benzene rings is 3. The van der Waals surface area contributed by atoms with E-state index in [1.807, 2.05) is 84.9 Å². The molecule has 3 aromatic rings. The number of nitrogens with one attached hydrogen (secondary N) is 2. The van der Waals surface area contributed by atoms with Gasteiger partial charge in [0.25, 0.3) is 0 Å². The van der Waals surface area contributed by atoms with E-state index >= 15 is 4.79 Å². The van der Waals surface area contributed by atoms with Crippen LogP contribution in [0, 0.1) is 5.41 Å². The highest BCUT2D eigenvalue weighted by Crippen LogP contribution is 2.59. The van der Waals surface area contributed by atoms with Crippen molar-refractivity contribution in [3.63, 3.8) is 0 Å². The summed E-state index contributed by atoms with van der Waals surface area (Å²) in [5.74, 6) is -4.52. The molecule has 4 fully saturated rings. The average molecular weight is 869 g/mol. The van der Waals surface area contributed by atoms with E-state index in [-0.39, 0.29) is 31.7 Å². The van der Waals surface area contributed by atoms with Crippen LogP contribution in [0.3, 0.4) is 0 Å². The van der Waals surface area contributed by atoms with Crippen molar-refractivity contribution < 1.29 is 58.0 Å². The van der Waals surface area contributed by atoms with Gasteiger partial charge in [-0.15, -0.1) is 0 Å². The summed E-state index contributed by atoms with van der Waals surface area (Å²) in [6, 6.07) is 22.1. The van der Waals surface area contributed by atoms with E-state index in [0.717, 1.165) is 5.56 Å². The Bertz CT molecular complexity index is 2140. The zero-order valence-corrected chi connectivity index (χ0v) is 36.3. The molecule has 4 N–H and O–H groups in total. The van der Waals surface area contributed by atoms with Crippen molar-refractivity contribution in [2.45, 2.75) is 114 Å². The molecule has 9 atom stereocenters. The predicted octanol–water partition coefficient (Wildman–Crippen LogP) is 2.74. The van der Waals surface area contributed by atoms with Gasteiger partial charge in [0.05, 0.1) is 25.3 Å². The fraction of sp³-hybridized carbons (Fsp3) is 0.468. The zero-order valence-electron chi connectivity index (χ0n) is 36.3. The number of hydroxylamine groups is 2. The molecule has 0 radical (unpaired) electrons. The fourth-order valence-corrected chi connectivity index (χ4v) is 8.78. The van der Waals surface area contributed by atoms with Gasteiger partial charge in [0, 0.05) is 44.1 Å². The molecule has 9 unspecified atom stereocenters. The summed E-state index contributed by atoms with van der Waals surface area (Å²) in [6.07, 6.45) is -2.50. The molecular weight excluding hydrogens is 813 g/mol. The van der Waals surface area contributed by atoms with Crippen molar-refractivity contribution in [1.82, 2.24) is 20.6 Å². The molecule has 0 spiro atoms. The number of aliphatic hydroxyl groups excluding tert-OH is 2. The third-order valence-corrected chi connectivity index (χ3v) is 11.8. The van der Waals surface area contributed by atoms with Crippen LogP contribution in [0.2, 0.25) is 0 Å². The van der Waals surface area contributed by atoms with Gasteiger partial charge in [0.2, 0.25) is 23.5 Å². The number of carbonyl (C=O) groups excluding carboxylic acids is 5.